The van der Waals surface area contributed by atoms with Gasteiger partial charge in [-0.25, -0.2) is 4.79 Å². The predicted molar refractivity (Wildman–Crippen MR) is 76.2 cm³/mol. The van der Waals surface area contributed by atoms with E-state index < -0.39 is 17.9 Å². The van der Waals surface area contributed by atoms with Crippen LogP contribution >= 0.6 is 0 Å². The molecule has 2 rings (SSSR count). The zero-order chi connectivity index (χ0) is 15.4. The lowest BCUT2D eigenvalue weighted by atomic mass is 9.67. The molecule has 0 aromatic carbocycles. The molecule has 2 saturated carbocycles. The molecule has 6 heteroatoms. The van der Waals surface area contributed by atoms with Crippen LogP contribution in [-0.2, 0) is 14.4 Å². The summed E-state index contributed by atoms with van der Waals surface area (Å²) in [5.74, 6) is -0.967. The first kappa shape index (κ1) is 15.8. The Balaban J connectivity index is 1.90. The molecule has 0 saturated heterocycles. The topological polar surface area (TPSA) is 109 Å². The van der Waals surface area contributed by atoms with E-state index in [1.165, 1.54) is 25.7 Å². The molecule has 0 radical (unpaired) electrons. The molecule has 0 aromatic rings. The van der Waals surface area contributed by atoms with Gasteiger partial charge in [-0.3, -0.25) is 9.59 Å². The first-order chi connectivity index (χ1) is 9.97. The third kappa shape index (κ3) is 4.19. The zero-order valence-electron chi connectivity index (χ0n) is 12.2. The highest BCUT2D eigenvalue weighted by molar-refractivity contribution is 5.88. The molecule has 4 N–H and O–H groups in total. The molecule has 0 heterocycles. The Morgan fingerprint density at radius 3 is 2.38 bits per heavy atom. The Hall–Kier alpha value is -1.59. The number of amides is 2. The molecule has 0 bridgehead atoms. The van der Waals surface area contributed by atoms with E-state index >= 15 is 0 Å². The summed E-state index contributed by atoms with van der Waals surface area (Å²) in [4.78, 5) is 34.2. The summed E-state index contributed by atoms with van der Waals surface area (Å²) in [6.45, 7) is 0. The highest BCUT2D eigenvalue weighted by Crippen LogP contribution is 2.42. The minimum absolute atomic E-state index is 0.126. The average Bonchev–Trinajstić information content (AvgIpc) is 2.45. The average molecular weight is 296 g/mol. The van der Waals surface area contributed by atoms with Gasteiger partial charge in [-0.2, -0.15) is 0 Å². The van der Waals surface area contributed by atoms with Crippen LogP contribution in [0, 0.1) is 17.8 Å². The Labute approximate surface area is 124 Å². The number of nitrogens with one attached hydrogen (secondary N) is 1. The zero-order valence-corrected chi connectivity index (χ0v) is 12.2. The molecule has 4 atom stereocenters. The third-order valence-electron chi connectivity index (χ3n) is 4.93. The first-order valence-corrected chi connectivity index (χ1v) is 7.79. The van der Waals surface area contributed by atoms with Crippen molar-refractivity contribution >= 4 is 17.8 Å². The van der Waals surface area contributed by atoms with Crippen molar-refractivity contribution in [2.45, 2.75) is 57.4 Å². The van der Waals surface area contributed by atoms with E-state index in [4.69, 9.17) is 10.8 Å². The standard InChI is InChI=1S/C15H24N2O4/c16-13(18)8-12(15(20)21)17-14(19)11-6-5-9-3-1-2-4-10(9)7-11/h9-12H,1-8H2,(H2,16,18)(H,17,19)(H,20,21)/t9?,10?,11?,12-/m0/s1. The smallest absolute Gasteiger partial charge is 0.326 e. The Morgan fingerprint density at radius 1 is 1.10 bits per heavy atom. The summed E-state index contributed by atoms with van der Waals surface area (Å²) in [6.07, 6.45) is 7.31. The van der Waals surface area contributed by atoms with Gasteiger partial charge in [0.25, 0.3) is 0 Å². The number of aliphatic carboxylic acids is 1. The minimum Gasteiger partial charge on any atom is -0.480 e. The lowest BCUT2D eigenvalue weighted by molar-refractivity contribution is -0.144. The monoisotopic (exact) mass is 296 g/mol. The molecular formula is C15H24N2O4. The second-order valence-electron chi connectivity index (χ2n) is 6.38. The van der Waals surface area contributed by atoms with E-state index in [0.29, 0.717) is 5.92 Å². The Morgan fingerprint density at radius 2 is 1.76 bits per heavy atom. The Bertz CT molecular complexity index is 424. The van der Waals surface area contributed by atoms with Crippen molar-refractivity contribution in [3.63, 3.8) is 0 Å². The number of carbonyl (C=O) groups is 3. The largest absolute Gasteiger partial charge is 0.480 e. The van der Waals surface area contributed by atoms with Crippen molar-refractivity contribution in [1.29, 1.82) is 0 Å². The molecule has 0 spiro atoms. The fourth-order valence-electron chi connectivity index (χ4n) is 3.80. The molecule has 2 aliphatic rings. The maximum Gasteiger partial charge on any atom is 0.326 e. The van der Waals surface area contributed by atoms with Crippen LogP contribution in [0.25, 0.3) is 0 Å². The second kappa shape index (κ2) is 6.91. The maximum absolute atomic E-state index is 12.2. The van der Waals surface area contributed by atoms with Gasteiger partial charge in [-0.05, 0) is 31.1 Å². The van der Waals surface area contributed by atoms with E-state index in [9.17, 15) is 14.4 Å². The maximum atomic E-state index is 12.2. The number of fused-ring (bicyclic) bond motifs is 1. The van der Waals surface area contributed by atoms with Gasteiger partial charge in [-0.1, -0.05) is 25.7 Å². The van der Waals surface area contributed by atoms with E-state index in [1.54, 1.807) is 0 Å². The van der Waals surface area contributed by atoms with Crippen LogP contribution in [-0.4, -0.2) is 28.9 Å². The van der Waals surface area contributed by atoms with Gasteiger partial charge >= 0.3 is 5.97 Å². The summed E-state index contributed by atoms with van der Waals surface area (Å²) in [5, 5.41) is 11.5. The fourth-order valence-corrected chi connectivity index (χ4v) is 3.80. The van der Waals surface area contributed by atoms with Crippen molar-refractivity contribution in [3.05, 3.63) is 0 Å². The van der Waals surface area contributed by atoms with Crippen LogP contribution in [0.5, 0.6) is 0 Å². The quantitative estimate of drug-likeness (QED) is 0.704. The molecule has 21 heavy (non-hydrogen) atoms. The van der Waals surface area contributed by atoms with Crippen molar-refractivity contribution in [3.8, 4) is 0 Å². The second-order valence-corrected chi connectivity index (χ2v) is 6.38. The number of nitrogens with two attached hydrogens (primary N) is 1. The van der Waals surface area contributed by atoms with Crippen molar-refractivity contribution < 1.29 is 19.5 Å². The molecule has 3 unspecified atom stereocenters. The lowest BCUT2D eigenvalue weighted by Gasteiger charge is -2.38. The summed E-state index contributed by atoms with van der Waals surface area (Å²) >= 11 is 0. The molecular weight excluding hydrogens is 272 g/mol. The van der Waals surface area contributed by atoms with Crippen molar-refractivity contribution in [2.75, 3.05) is 0 Å². The van der Waals surface area contributed by atoms with Gasteiger partial charge in [0.05, 0.1) is 6.42 Å². The number of carbonyl (C=O) groups excluding carboxylic acids is 2. The third-order valence-corrected chi connectivity index (χ3v) is 4.93. The number of primary amides is 1. The van der Waals surface area contributed by atoms with Gasteiger partial charge < -0.3 is 16.2 Å². The summed E-state index contributed by atoms with van der Waals surface area (Å²) < 4.78 is 0. The highest BCUT2D eigenvalue weighted by atomic mass is 16.4. The first-order valence-electron chi connectivity index (χ1n) is 7.79. The van der Waals surface area contributed by atoms with Gasteiger partial charge in [0.15, 0.2) is 0 Å². The van der Waals surface area contributed by atoms with Crippen LogP contribution in [0.4, 0.5) is 0 Å². The van der Waals surface area contributed by atoms with Crippen LogP contribution in [0.2, 0.25) is 0 Å². The summed E-state index contributed by atoms with van der Waals surface area (Å²) in [6, 6.07) is -1.21. The van der Waals surface area contributed by atoms with Gasteiger partial charge in [-0.15, -0.1) is 0 Å². The number of carboxylic acids is 1. The molecule has 118 valence electrons. The minimum atomic E-state index is -1.21. The number of rotatable bonds is 5. The van der Waals surface area contributed by atoms with Gasteiger partial charge in [0.1, 0.15) is 6.04 Å². The highest BCUT2D eigenvalue weighted by Gasteiger charge is 2.36. The molecule has 2 aliphatic carbocycles. The lowest BCUT2D eigenvalue weighted by Crippen LogP contribution is -2.47. The number of hydrogen-bond acceptors (Lipinski definition) is 3. The Kier molecular flexibility index (Phi) is 5.20. The normalized spacial score (nSPS) is 30.0. The van der Waals surface area contributed by atoms with E-state index in [1.807, 2.05) is 0 Å². The molecule has 0 aromatic heterocycles. The van der Waals surface area contributed by atoms with Crippen LogP contribution in [0.1, 0.15) is 51.4 Å². The molecule has 2 amide bonds. The summed E-state index contributed by atoms with van der Waals surface area (Å²) in [5.41, 5.74) is 5.02. The SMILES string of the molecule is NC(=O)C[C@H](NC(=O)C1CCC2CCCCC2C1)C(=O)O. The van der Waals surface area contributed by atoms with E-state index in [2.05, 4.69) is 5.32 Å². The summed E-state index contributed by atoms with van der Waals surface area (Å²) in [7, 11) is 0. The van der Waals surface area contributed by atoms with Crippen LogP contribution in [0.3, 0.4) is 0 Å². The number of carboxylic acid groups (broad SMARTS) is 1. The van der Waals surface area contributed by atoms with Crippen LogP contribution < -0.4 is 11.1 Å². The van der Waals surface area contributed by atoms with Crippen LogP contribution in [0.15, 0.2) is 0 Å². The van der Waals surface area contributed by atoms with Gasteiger partial charge in [0.2, 0.25) is 11.8 Å². The predicted octanol–water partition coefficient (Wildman–Crippen LogP) is 1.04. The van der Waals surface area contributed by atoms with E-state index in [-0.39, 0.29) is 18.2 Å². The van der Waals surface area contributed by atoms with Crippen molar-refractivity contribution in [2.24, 2.45) is 23.5 Å². The fraction of sp³-hybridized carbons (Fsp3) is 0.800. The number of hydrogen-bond donors (Lipinski definition) is 3. The molecule has 2 fully saturated rings. The van der Waals surface area contributed by atoms with Gasteiger partial charge in [0, 0.05) is 5.92 Å². The van der Waals surface area contributed by atoms with Crippen molar-refractivity contribution in [1.82, 2.24) is 5.32 Å². The van der Waals surface area contributed by atoms with E-state index in [0.717, 1.165) is 25.2 Å². The molecule has 6 nitrogen and oxygen atoms in total. The molecule has 0 aliphatic heterocycles.